The summed E-state index contributed by atoms with van der Waals surface area (Å²) in [5.41, 5.74) is 0.985. The number of nitrogens with zero attached hydrogens (tertiary/aromatic N) is 2. The highest BCUT2D eigenvalue weighted by molar-refractivity contribution is 7.13. The fraction of sp³-hybridized carbons (Fsp3) is 0.368. The molecule has 0 aliphatic carbocycles. The van der Waals surface area contributed by atoms with Crippen LogP contribution in [0.15, 0.2) is 46.3 Å². The second-order valence-corrected chi connectivity index (χ2v) is 7.49. The molecule has 0 saturated carbocycles. The summed E-state index contributed by atoms with van der Waals surface area (Å²) >= 11 is 1.59. The van der Waals surface area contributed by atoms with Crippen molar-refractivity contribution in [3.8, 4) is 10.7 Å². The molecule has 1 saturated heterocycles. The normalized spacial score (nSPS) is 16.7. The molecular weight excluding hydrogens is 353 g/mol. The molecule has 26 heavy (non-hydrogen) atoms. The molecule has 3 heterocycles. The van der Waals surface area contributed by atoms with Gasteiger partial charge in [-0.15, -0.1) is 11.3 Å². The zero-order valence-electron chi connectivity index (χ0n) is 14.3. The first-order valence-electron chi connectivity index (χ1n) is 8.66. The van der Waals surface area contributed by atoms with Crippen LogP contribution in [0.1, 0.15) is 24.3 Å². The van der Waals surface area contributed by atoms with Crippen LogP contribution in [0.2, 0.25) is 0 Å². The lowest BCUT2D eigenvalue weighted by Gasteiger charge is -2.38. The number of nitrogens with one attached hydrogen (secondary N) is 1. The van der Waals surface area contributed by atoms with Gasteiger partial charge in [0.25, 0.3) is 0 Å². The van der Waals surface area contributed by atoms with Crippen molar-refractivity contribution in [2.75, 3.05) is 13.2 Å². The molecule has 0 bridgehead atoms. The van der Waals surface area contributed by atoms with Gasteiger partial charge in [0.05, 0.1) is 11.4 Å². The lowest BCUT2D eigenvalue weighted by Crippen LogP contribution is -2.50. The van der Waals surface area contributed by atoms with Crippen molar-refractivity contribution in [1.82, 2.24) is 15.5 Å². The van der Waals surface area contributed by atoms with Crippen LogP contribution in [0, 0.1) is 5.82 Å². The summed E-state index contributed by atoms with van der Waals surface area (Å²) < 4.78 is 24.1. The highest BCUT2D eigenvalue weighted by Gasteiger charge is 2.32. The van der Waals surface area contributed by atoms with Crippen LogP contribution in [0.4, 0.5) is 4.39 Å². The zero-order valence-corrected chi connectivity index (χ0v) is 15.1. The molecule has 4 rings (SSSR count). The van der Waals surface area contributed by atoms with E-state index in [1.165, 1.54) is 12.1 Å². The number of rotatable bonds is 6. The van der Waals surface area contributed by atoms with Crippen molar-refractivity contribution in [1.29, 1.82) is 0 Å². The third kappa shape index (κ3) is 4.00. The Hall–Kier alpha value is -2.09. The van der Waals surface area contributed by atoms with Crippen LogP contribution in [-0.2, 0) is 17.7 Å². The number of halogens is 1. The van der Waals surface area contributed by atoms with E-state index in [9.17, 15) is 4.39 Å². The summed E-state index contributed by atoms with van der Waals surface area (Å²) in [5, 5.41) is 9.65. The van der Waals surface area contributed by atoms with Gasteiger partial charge in [-0.2, -0.15) is 4.98 Å². The molecule has 136 valence electrons. The van der Waals surface area contributed by atoms with Crippen molar-refractivity contribution in [2.45, 2.75) is 31.3 Å². The average Bonchev–Trinajstić information content (AvgIpc) is 3.34. The number of hydrogen-bond acceptors (Lipinski definition) is 6. The summed E-state index contributed by atoms with van der Waals surface area (Å²) in [7, 11) is 0. The molecule has 1 aliphatic rings. The van der Waals surface area contributed by atoms with Gasteiger partial charge in [-0.1, -0.05) is 23.4 Å². The van der Waals surface area contributed by atoms with Gasteiger partial charge in [-0.3, -0.25) is 0 Å². The van der Waals surface area contributed by atoms with Crippen LogP contribution in [0.3, 0.4) is 0 Å². The molecule has 2 aromatic heterocycles. The minimum absolute atomic E-state index is 0.117. The van der Waals surface area contributed by atoms with Gasteiger partial charge in [-0.25, -0.2) is 4.39 Å². The summed E-state index contributed by atoms with van der Waals surface area (Å²) in [6, 6.07) is 10.6. The zero-order chi connectivity index (χ0) is 17.8. The molecule has 5 nitrogen and oxygen atoms in total. The minimum atomic E-state index is -0.213. The van der Waals surface area contributed by atoms with Crippen molar-refractivity contribution < 1.29 is 13.7 Å². The smallest absolute Gasteiger partial charge is 0.240 e. The first kappa shape index (κ1) is 17.3. The maximum absolute atomic E-state index is 13.2. The fourth-order valence-corrected chi connectivity index (χ4v) is 3.92. The molecule has 0 amide bonds. The highest BCUT2D eigenvalue weighted by atomic mass is 32.1. The molecular formula is C19H20FN3O2S. The molecule has 0 radical (unpaired) electrons. The van der Waals surface area contributed by atoms with E-state index in [-0.39, 0.29) is 11.4 Å². The van der Waals surface area contributed by atoms with E-state index in [0.29, 0.717) is 31.5 Å². The molecule has 1 aliphatic heterocycles. The number of aromatic nitrogens is 2. The van der Waals surface area contributed by atoms with E-state index < -0.39 is 0 Å². The predicted octanol–water partition coefficient (Wildman–Crippen LogP) is 3.82. The summed E-state index contributed by atoms with van der Waals surface area (Å²) in [6.45, 7) is 1.91. The van der Waals surface area contributed by atoms with Gasteiger partial charge < -0.3 is 14.6 Å². The van der Waals surface area contributed by atoms with Gasteiger partial charge >= 0.3 is 0 Å². The summed E-state index contributed by atoms with van der Waals surface area (Å²) in [6.07, 6.45) is 2.58. The van der Waals surface area contributed by atoms with Gasteiger partial charge in [0.1, 0.15) is 5.82 Å². The molecule has 1 N–H and O–H groups in total. The van der Waals surface area contributed by atoms with Gasteiger partial charge in [0, 0.05) is 18.8 Å². The van der Waals surface area contributed by atoms with Crippen LogP contribution >= 0.6 is 11.3 Å². The maximum Gasteiger partial charge on any atom is 0.240 e. The van der Waals surface area contributed by atoms with Crippen molar-refractivity contribution >= 4 is 11.3 Å². The molecule has 1 fully saturated rings. The molecule has 7 heteroatoms. The van der Waals surface area contributed by atoms with E-state index in [1.54, 1.807) is 11.3 Å². The van der Waals surface area contributed by atoms with Crippen molar-refractivity contribution in [3.05, 3.63) is 59.0 Å². The number of benzene rings is 1. The minimum Gasteiger partial charge on any atom is -0.381 e. The van der Waals surface area contributed by atoms with Crippen LogP contribution < -0.4 is 5.32 Å². The predicted molar refractivity (Wildman–Crippen MR) is 97.3 cm³/mol. The van der Waals surface area contributed by atoms with Gasteiger partial charge in [0.15, 0.2) is 0 Å². The first-order chi connectivity index (χ1) is 12.7. The maximum atomic E-state index is 13.2. The second-order valence-electron chi connectivity index (χ2n) is 6.54. The van der Waals surface area contributed by atoms with E-state index in [0.717, 1.165) is 29.7 Å². The standard InChI is InChI=1S/C19H20FN3O2S/c20-15-5-3-14(4-6-15)12-19(7-9-24-10-8-19)21-13-17-22-18(23-25-17)16-2-1-11-26-16/h1-6,11,21H,7-10,12-13H2. The van der Waals surface area contributed by atoms with Crippen LogP contribution in [0.25, 0.3) is 10.7 Å². The van der Waals surface area contributed by atoms with Crippen molar-refractivity contribution in [3.63, 3.8) is 0 Å². The molecule has 3 aromatic rings. The third-order valence-electron chi connectivity index (χ3n) is 4.73. The SMILES string of the molecule is Fc1ccc(CC2(NCc3nc(-c4cccs4)no3)CCOCC2)cc1. The quantitative estimate of drug-likeness (QED) is 0.712. The van der Waals surface area contributed by atoms with Gasteiger partial charge in [-0.05, 0) is 48.4 Å². The fourth-order valence-electron chi connectivity index (χ4n) is 3.27. The number of thiophene rings is 1. The Morgan fingerprint density at radius 2 is 1.96 bits per heavy atom. The largest absolute Gasteiger partial charge is 0.381 e. The van der Waals surface area contributed by atoms with E-state index in [2.05, 4.69) is 15.5 Å². The Balaban J connectivity index is 1.46. The van der Waals surface area contributed by atoms with Crippen LogP contribution in [0.5, 0.6) is 0 Å². The lowest BCUT2D eigenvalue weighted by atomic mass is 9.83. The Morgan fingerprint density at radius 3 is 2.69 bits per heavy atom. The van der Waals surface area contributed by atoms with Gasteiger partial charge in [0.2, 0.25) is 11.7 Å². The molecule has 0 spiro atoms. The monoisotopic (exact) mass is 373 g/mol. The number of hydrogen-bond donors (Lipinski definition) is 1. The summed E-state index contributed by atoms with van der Waals surface area (Å²) in [5.74, 6) is 0.976. The summed E-state index contributed by atoms with van der Waals surface area (Å²) in [4.78, 5) is 5.47. The Labute approximate surface area is 155 Å². The van der Waals surface area contributed by atoms with E-state index in [1.807, 2.05) is 29.6 Å². The van der Waals surface area contributed by atoms with Crippen LogP contribution in [-0.4, -0.2) is 28.9 Å². The van der Waals surface area contributed by atoms with E-state index >= 15 is 0 Å². The second kappa shape index (κ2) is 7.65. The third-order valence-corrected chi connectivity index (χ3v) is 5.60. The molecule has 1 aromatic carbocycles. The Bertz CT molecular complexity index is 827. The van der Waals surface area contributed by atoms with E-state index in [4.69, 9.17) is 9.26 Å². The van der Waals surface area contributed by atoms with Crippen molar-refractivity contribution in [2.24, 2.45) is 0 Å². The molecule has 0 unspecified atom stereocenters. The lowest BCUT2D eigenvalue weighted by molar-refractivity contribution is 0.0362. The highest BCUT2D eigenvalue weighted by Crippen LogP contribution is 2.27. The first-order valence-corrected chi connectivity index (χ1v) is 9.54. The Kier molecular flexibility index (Phi) is 5.10. The Morgan fingerprint density at radius 1 is 1.15 bits per heavy atom. The average molecular weight is 373 g/mol. The number of ether oxygens (including phenoxy) is 1. The molecule has 0 atom stereocenters. The topological polar surface area (TPSA) is 60.2 Å².